The molecule has 2 rings (SSSR count). The number of hydrogen-bond donors (Lipinski definition) is 2. The van der Waals surface area contributed by atoms with Crippen molar-refractivity contribution in [1.82, 2.24) is 0 Å². The number of rotatable bonds is 4. The van der Waals surface area contributed by atoms with E-state index in [9.17, 15) is 0 Å². The Morgan fingerprint density at radius 1 is 1.39 bits per heavy atom. The standard InChI is InChI=1S/C12H10BrClN2S2/c13-9-5-7(12(15)17)1-3-10(9)16-6-8-2-4-11(14)18-8/h1-5,16H,6H2,(H2,15,17). The van der Waals surface area contributed by atoms with Crippen molar-refractivity contribution in [2.75, 3.05) is 5.32 Å². The van der Waals surface area contributed by atoms with Crippen molar-refractivity contribution in [2.24, 2.45) is 5.73 Å². The van der Waals surface area contributed by atoms with E-state index in [2.05, 4.69) is 21.2 Å². The van der Waals surface area contributed by atoms with Crippen LogP contribution in [0.2, 0.25) is 4.34 Å². The number of halogens is 2. The van der Waals surface area contributed by atoms with E-state index in [0.29, 0.717) is 4.99 Å². The fraction of sp³-hybridized carbons (Fsp3) is 0.0833. The van der Waals surface area contributed by atoms with Crippen LogP contribution in [0.5, 0.6) is 0 Å². The Morgan fingerprint density at radius 2 is 2.17 bits per heavy atom. The summed E-state index contributed by atoms with van der Waals surface area (Å²) in [6.07, 6.45) is 0. The molecule has 6 heteroatoms. The molecule has 0 aliphatic carbocycles. The van der Waals surface area contributed by atoms with E-state index in [4.69, 9.17) is 29.6 Å². The topological polar surface area (TPSA) is 38.0 Å². The van der Waals surface area contributed by atoms with Gasteiger partial charge in [0.25, 0.3) is 0 Å². The van der Waals surface area contributed by atoms with Crippen molar-refractivity contribution in [2.45, 2.75) is 6.54 Å². The average molecular weight is 362 g/mol. The second-order valence-electron chi connectivity index (χ2n) is 3.62. The predicted molar refractivity (Wildman–Crippen MR) is 86.7 cm³/mol. The average Bonchev–Trinajstić information content (AvgIpc) is 2.73. The van der Waals surface area contributed by atoms with Gasteiger partial charge in [-0.3, -0.25) is 0 Å². The van der Waals surface area contributed by atoms with Crippen LogP contribution in [-0.2, 0) is 6.54 Å². The molecule has 0 aliphatic rings. The first kappa shape index (κ1) is 13.8. The highest BCUT2D eigenvalue weighted by molar-refractivity contribution is 9.10. The van der Waals surface area contributed by atoms with Gasteiger partial charge in [0.2, 0.25) is 0 Å². The fourth-order valence-electron chi connectivity index (χ4n) is 1.44. The van der Waals surface area contributed by atoms with Crippen LogP contribution < -0.4 is 11.1 Å². The third kappa shape index (κ3) is 3.45. The Hall–Kier alpha value is -0.620. The van der Waals surface area contributed by atoms with Gasteiger partial charge in [-0.2, -0.15) is 0 Å². The number of thiophene rings is 1. The lowest BCUT2D eigenvalue weighted by molar-refractivity contribution is 1.19. The maximum atomic E-state index is 5.88. The van der Waals surface area contributed by atoms with E-state index in [1.54, 1.807) is 11.3 Å². The highest BCUT2D eigenvalue weighted by Crippen LogP contribution is 2.26. The van der Waals surface area contributed by atoms with Crippen LogP contribution in [0.3, 0.4) is 0 Å². The lowest BCUT2D eigenvalue weighted by Gasteiger charge is -2.08. The molecule has 0 fully saturated rings. The number of nitrogens with two attached hydrogens (primary N) is 1. The van der Waals surface area contributed by atoms with Crippen molar-refractivity contribution < 1.29 is 0 Å². The number of benzene rings is 1. The molecule has 0 saturated carbocycles. The molecule has 3 N–H and O–H groups in total. The number of nitrogens with one attached hydrogen (secondary N) is 1. The Balaban J connectivity index is 2.08. The first-order chi connectivity index (χ1) is 8.56. The number of hydrogen-bond acceptors (Lipinski definition) is 3. The minimum Gasteiger partial charge on any atom is -0.389 e. The fourth-order valence-corrected chi connectivity index (χ4v) is 3.11. The summed E-state index contributed by atoms with van der Waals surface area (Å²) in [5.74, 6) is 0. The Bertz CT molecular complexity index is 583. The van der Waals surface area contributed by atoms with Crippen molar-refractivity contribution in [3.05, 3.63) is 49.6 Å². The van der Waals surface area contributed by atoms with Crippen LogP contribution >= 0.6 is 51.1 Å². The van der Waals surface area contributed by atoms with E-state index in [1.165, 1.54) is 4.88 Å². The molecule has 0 unspecified atom stereocenters. The minimum atomic E-state index is 0.396. The van der Waals surface area contributed by atoms with Gasteiger partial charge in [-0.1, -0.05) is 23.8 Å². The van der Waals surface area contributed by atoms with Crippen LogP contribution in [0.1, 0.15) is 10.4 Å². The van der Waals surface area contributed by atoms with Gasteiger partial charge in [-0.05, 0) is 46.3 Å². The molecule has 2 aromatic rings. The van der Waals surface area contributed by atoms with Gasteiger partial charge >= 0.3 is 0 Å². The number of anilines is 1. The second-order valence-corrected chi connectivity index (χ2v) is 6.71. The maximum Gasteiger partial charge on any atom is 0.104 e. The lowest BCUT2D eigenvalue weighted by atomic mass is 10.2. The van der Waals surface area contributed by atoms with E-state index in [0.717, 1.165) is 26.6 Å². The SMILES string of the molecule is NC(=S)c1ccc(NCc2ccc(Cl)s2)c(Br)c1. The number of thiocarbonyl (C=S) groups is 1. The zero-order chi connectivity index (χ0) is 13.1. The molecule has 1 heterocycles. The van der Waals surface area contributed by atoms with E-state index >= 15 is 0 Å². The van der Waals surface area contributed by atoms with Crippen LogP contribution in [0.4, 0.5) is 5.69 Å². The van der Waals surface area contributed by atoms with Crippen molar-refractivity contribution in [3.63, 3.8) is 0 Å². The van der Waals surface area contributed by atoms with Crippen LogP contribution in [0.25, 0.3) is 0 Å². The normalized spacial score (nSPS) is 10.3. The third-order valence-electron chi connectivity index (χ3n) is 2.34. The molecule has 94 valence electrons. The highest BCUT2D eigenvalue weighted by Gasteiger charge is 2.04. The molecule has 0 aliphatic heterocycles. The summed E-state index contributed by atoms with van der Waals surface area (Å²) in [5, 5.41) is 3.33. The monoisotopic (exact) mass is 360 g/mol. The zero-order valence-electron chi connectivity index (χ0n) is 9.24. The summed E-state index contributed by atoms with van der Waals surface area (Å²) in [7, 11) is 0. The predicted octanol–water partition coefficient (Wildman–Crippen LogP) is 4.41. The van der Waals surface area contributed by atoms with Crippen LogP contribution in [0, 0.1) is 0 Å². The van der Waals surface area contributed by atoms with E-state index in [-0.39, 0.29) is 0 Å². The molecule has 2 nitrogen and oxygen atoms in total. The van der Waals surface area contributed by atoms with Crippen LogP contribution in [-0.4, -0.2) is 4.99 Å². The molecular weight excluding hydrogens is 352 g/mol. The molecule has 0 radical (unpaired) electrons. The molecule has 0 saturated heterocycles. The molecule has 0 spiro atoms. The molecular formula is C12H10BrClN2S2. The van der Waals surface area contributed by atoms with Crippen LogP contribution in [0.15, 0.2) is 34.8 Å². The Kier molecular flexibility index (Phi) is 4.61. The molecule has 0 bridgehead atoms. The Morgan fingerprint density at radius 3 is 2.72 bits per heavy atom. The smallest absolute Gasteiger partial charge is 0.104 e. The van der Waals surface area contributed by atoms with Gasteiger partial charge in [-0.15, -0.1) is 11.3 Å². The molecule has 1 aromatic carbocycles. The van der Waals surface area contributed by atoms with Gasteiger partial charge < -0.3 is 11.1 Å². The van der Waals surface area contributed by atoms with Gasteiger partial charge in [0.05, 0.1) is 4.34 Å². The summed E-state index contributed by atoms with van der Waals surface area (Å²) < 4.78 is 1.74. The highest BCUT2D eigenvalue weighted by atomic mass is 79.9. The lowest BCUT2D eigenvalue weighted by Crippen LogP contribution is -2.09. The minimum absolute atomic E-state index is 0.396. The van der Waals surface area contributed by atoms with Gasteiger partial charge in [0.1, 0.15) is 4.99 Å². The summed E-state index contributed by atoms with van der Waals surface area (Å²) in [4.78, 5) is 1.58. The van der Waals surface area contributed by atoms with Gasteiger partial charge in [0.15, 0.2) is 0 Å². The van der Waals surface area contributed by atoms with Crippen molar-refractivity contribution >= 4 is 61.8 Å². The first-order valence-corrected chi connectivity index (χ1v) is 7.53. The first-order valence-electron chi connectivity index (χ1n) is 5.13. The van der Waals surface area contributed by atoms with E-state index < -0.39 is 0 Å². The molecule has 0 amide bonds. The Labute approximate surface area is 128 Å². The van der Waals surface area contributed by atoms with Crippen molar-refractivity contribution in [3.8, 4) is 0 Å². The third-order valence-corrected chi connectivity index (χ3v) is 4.46. The summed E-state index contributed by atoms with van der Waals surface area (Å²) >= 11 is 15.9. The maximum absolute atomic E-state index is 5.88. The zero-order valence-corrected chi connectivity index (χ0v) is 13.2. The summed E-state index contributed by atoms with van der Waals surface area (Å²) in [6.45, 7) is 0.738. The quantitative estimate of drug-likeness (QED) is 0.792. The van der Waals surface area contributed by atoms with Crippen molar-refractivity contribution in [1.29, 1.82) is 0 Å². The summed E-state index contributed by atoms with van der Waals surface area (Å²) in [5.41, 5.74) is 7.43. The summed E-state index contributed by atoms with van der Waals surface area (Å²) in [6, 6.07) is 9.67. The van der Waals surface area contributed by atoms with Gasteiger partial charge in [0, 0.05) is 27.1 Å². The second kappa shape index (κ2) is 6.02. The largest absolute Gasteiger partial charge is 0.389 e. The molecule has 1 aromatic heterocycles. The molecule has 18 heavy (non-hydrogen) atoms. The van der Waals surface area contributed by atoms with E-state index in [1.807, 2.05) is 30.3 Å². The molecule has 0 atom stereocenters. The van der Waals surface area contributed by atoms with Gasteiger partial charge in [-0.25, -0.2) is 0 Å².